The molecule has 1 fully saturated rings. The van der Waals surface area contributed by atoms with Crippen molar-refractivity contribution in [3.8, 4) is 0 Å². The second kappa shape index (κ2) is 8.53. The van der Waals surface area contributed by atoms with Crippen LogP contribution in [0, 0.1) is 5.92 Å². The van der Waals surface area contributed by atoms with Crippen LogP contribution in [0.4, 0.5) is 4.79 Å². The Morgan fingerprint density at radius 2 is 2.03 bits per heavy atom. The van der Waals surface area contributed by atoms with Gasteiger partial charge in [0.15, 0.2) is 0 Å². The number of fused-ring (bicyclic) bond motifs is 1. The number of hydrogen-bond donors (Lipinski definition) is 1. The van der Waals surface area contributed by atoms with E-state index in [-0.39, 0.29) is 24.3 Å². The average molecular weight is 425 g/mol. The number of carbonyl (C=O) groups excluding carboxylic acids is 4. The Kier molecular flexibility index (Phi) is 5.80. The maximum atomic E-state index is 12.8. The van der Waals surface area contributed by atoms with Crippen LogP contribution < -0.4 is 5.32 Å². The molecule has 3 aliphatic heterocycles. The Hall–Kier alpha value is -3.16. The lowest BCUT2D eigenvalue weighted by molar-refractivity contribution is -0.136. The SMILES string of the molecule is CC(C)COC(=O)N1CC=C(c2ccc3c(c2)CN(C2CCC(=O)NC2=O)C3=O)CC1. The molecule has 1 unspecified atom stereocenters. The summed E-state index contributed by atoms with van der Waals surface area (Å²) in [5.41, 5.74) is 3.63. The number of amides is 4. The molecule has 1 atom stereocenters. The summed E-state index contributed by atoms with van der Waals surface area (Å²) in [4.78, 5) is 51.8. The van der Waals surface area contributed by atoms with Gasteiger partial charge in [0.2, 0.25) is 11.8 Å². The minimum atomic E-state index is -0.611. The number of benzene rings is 1. The molecule has 4 amide bonds. The lowest BCUT2D eigenvalue weighted by Crippen LogP contribution is -2.52. The Labute approximate surface area is 181 Å². The molecule has 0 spiro atoms. The van der Waals surface area contributed by atoms with Gasteiger partial charge in [-0.2, -0.15) is 0 Å². The zero-order valence-corrected chi connectivity index (χ0v) is 17.8. The molecule has 0 aromatic heterocycles. The fourth-order valence-corrected chi connectivity index (χ4v) is 4.20. The summed E-state index contributed by atoms with van der Waals surface area (Å²) >= 11 is 0. The molecule has 0 aliphatic carbocycles. The minimum Gasteiger partial charge on any atom is -0.449 e. The molecule has 8 heteroatoms. The standard InChI is InChI=1S/C23H27N3O5/c1-14(2)13-31-23(30)25-9-7-15(8-10-25)16-3-4-18-17(11-16)12-26(22(18)29)19-5-6-20(27)24-21(19)28/h3-4,7,11,14,19H,5-6,8-10,12-13H2,1-2H3,(H,24,27,28). The van der Waals surface area contributed by atoms with Gasteiger partial charge >= 0.3 is 6.09 Å². The molecule has 1 N–H and O–H groups in total. The molecule has 0 radical (unpaired) electrons. The third-order valence-electron chi connectivity index (χ3n) is 5.90. The van der Waals surface area contributed by atoms with Crippen molar-refractivity contribution in [1.82, 2.24) is 15.1 Å². The van der Waals surface area contributed by atoms with E-state index in [4.69, 9.17) is 4.74 Å². The van der Waals surface area contributed by atoms with Crippen molar-refractivity contribution in [2.24, 2.45) is 5.92 Å². The summed E-state index contributed by atoms with van der Waals surface area (Å²) in [6.45, 7) is 5.85. The summed E-state index contributed by atoms with van der Waals surface area (Å²) < 4.78 is 5.30. The van der Waals surface area contributed by atoms with Crippen LogP contribution in [0.1, 0.15) is 54.6 Å². The molecule has 3 heterocycles. The van der Waals surface area contributed by atoms with Crippen LogP contribution >= 0.6 is 0 Å². The van der Waals surface area contributed by atoms with Crippen molar-refractivity contribution in [2.75, 3.05) is 19.7 Å². The molecule has 1 aromatic rings. The summed E-state index contributed by atoms with van der Waals surface area (Å²) in [6, 6.07) is 5.12. The monoisotopic (exact) mass is 425 g/mol. The number of rotatable bonds is 4. The smallest absolute Gasteiger partial charge is 0.410 e. The van der Waals surface area contributed by atoms with Crippen molar-refractivity contribution in [3.05, 3.63) is 41.0 Å². The van der Waals surface area contributed by atoms with Crippen molar-refractivity contribution in [3.63, 3.8) is 0 Å². The molecule has 0 bridgehead atoms. The van der Waals surface area contributed by atoms with Crippen LogP contribution in [0.2, 0.25) is 0 Å². The second-order valence-corrected chi connectivity index (χ2v) is 8.67. The number of ether oxygens (including phenoxy) is 1. The first kappa shape index (κ1) is 21.1. The van der Waals surface area contributed by atoms with Crippen molar-refractivity contribution < 1.29 is 23.9 Å². The van der Waals surface area contributed by atoms with Gasteiger partial charge in [0.1, 0.15) is 6.04 Å². The number of hydrogen-bond acceptors (Lipinski definition) is 5. The number of carbonyl (C=O) groups is 4. The molecular formula is C23H27N3O5. The van der Waals surface area contributed by atoms with E-state index in [1.807, 2.05) is 38.1 Å². The van der Waals surface area contributed by atoms with Crippen LogP contribution in [-0.2, 0) is 20.9 Å². The maximum absolute atomic E-state index is 12.8. The van der Waals surface area contributed by atoms with Gasteiger partial charge in [-0.3, -0.25) is 19.7 Å². The fourth-order valence-electron chi connectivity index (χ4n) is 4.20. The maximum Gasteiger partial charge on any atom is 0.410 e. The largest absolute Gasteiger partial charge is 0.449 e. The quantitative estimate of drug-likeness (QED) is 0.747. The van der Waals surface area contributed by atoms with Gasteiger partial charge in [0.25, 0.3) is 5.91 Å². The highest BCUT2D eigenvalue weighted by Gasteiger charge is 2.39. The van der Waals surface area contributed by atoms with E-state index in [1.165, 1.54) is 0 Å². The molecular weight excluding hydrogens is 398 g/mol. The lowest BCUT2D eigenvalue weighted by Gasteiger charge is -2.29. The normalized spacial score (nSPS) is 21.2. The second-order valence-electron chi connectivity index (χ2n) is 8.67. The molecule has 0 saturated carbocycles. The van der Waals surface area contributed by atoms with Crippen LogP contribution in [0.5, 0.6) is 0 Å². The first-order valence-corrected chi connectivity index (χ1v) is 10.7. The van der Waals surface area contributed by atoms with Crippen molar-refractivity contribution in [2.45, 2.75) is 45.7 Å². The number of nitrogens with one attached hydrogen (secondary N) is 1. The first-order valence-electron chi connectivity index (χ1n) is 10.7. The summed E-state index contributed by atoms with van der Waals surface area (Å²) in [7, 11) is 0. The molecule has 1 saturated heterocycles. The molecule has 1 aromatic carbocycles. The first-order chi connectivity index (χ1) is 14.8. The third-order valence-corrected chi connectivity index (χ3v) is 5.90. The van der Waals surface area contributed by atoms with E-state index in [0.29, 0.717) is 50.6 Å². The Morgan fingerprint density at radius 1 is 1.23 bits per heavy atom. The zero-order valence-electron chi connectivity index (χ0n) is 17.8. The van der Waals surface area contributed by atoms with E-state index < -0.39 is 11.9 Å². The van der Waals surface area contributed by atoms with Gasteiger partial charge in [0, 0.05) is 31.6 Å². The molecule has 164 valence electrons. The van der Waals surface area contributed by atoms with E-state index in [1.54, 1.807) is 9.80 Å². The average Bonchev–Trinajstić information content (AvgIpc) is 3.07. The van der Waals surface area contributed by atoms with E-state index in [2.05, 4.69) is 5.32 Å². The van der Waals surface area contributed by atoms with Crippen LogP contribution in [0.25, 0.3) is 5.57 Å². The Morgan fingerprint density at radius 3 is 2.71 bits per heavy atom. The molecule has 31 heavy (non-hydrogen) atoms. The van der Waals surface area contributed by atoms with Gasteiger partial charge in [0.05, 0.1) is 6.61 Å². The predicted molar refractivity (Wildman–Crippen MR) is 113 cm³/mol. The van der Waals surface area contributed by atoms with Gasteiger partial charge in [-0.05, 0) is 47.6 Å². The van der Waals surface area contributed by atoms with Crippen molar-refractivity contribution in [1.29, 1.82) is 0 Å². The van der Waals surface area contributed by atoms with Crippen LogP contribution in [-0.4, -0.2) is 59.4 Å². The highest BCUT2D eigenvalue weighted by molar-refractivity contribution is 6.05. The summed E-state index contributed by atoms with van der Waals surface area (Å²) in [6.07, 6.45) is 3.04. The van der Waals surface area contributed by atoms with Gasteiger partial charge in [-0.25, -0.2) is 4.79 Å². The zero-order chi connectivity index (χ0) is 22.1. The van der Waals surface area contributed by atoms with E-state index >= 15 is 0 Å². The van der Waals surface area contributed by atoms with E-state index in [9.17, 15) is 19.2 Å². The topological polar surface area (TPSA) is 96.0 Å². The van der Waals surface area contributed by atoms with Crippen LogP contribution in [0.3, 0.4) is 0 Å². The number of piperidine rings is 1. The van der Waals surface area contributed by atoms with Gasteiger partial charge in [-0.1, -0.05) is 26.0 Å². The van der Waals surface area contributed by atoms with Crippen LogP contribution in [0.15, 0.2) is 24.3 Å². The minimum absolute atomic E-state index is 0.173. The van der Waals surface area contributed by atoms with E-state index in [0.717, 1.165) is 16.7 Å². The lowest BCUT2D eigenvalue weighted by atomic mass is 9.96. The number of imide groups is 1. The third kappa shape index (κ3) is 4.33. The highest BCUT2D eigenvalue weighted by Crippen LogP contribution is 2.31. The van der Waals surface area contributed by atoms with Crippen molar-refractivity contribution >= 4 is 29.4 Å². The Balaban J connectivity index is 1.44. The number of nitrogens with zero attached hydrogens (tertiary/aromatic N) is 2. The summed E-state index contributed by atoms with van der Waals surface area (Å²) in [5, 5.41) is 2.32. The fraction of sp³-hybridized carbons (Fsp3) is 0.478. The molecule has 8 nitrogen and oxygen atoms in total. The molecule has 3 aliphatic rings. The highest BCUT2D eigenvalue weighted by atomic mass is 16.6. The summed E-state index contributed by atoms with van der Waals surface area (Å²) in [5.74, 6) is -0.572. The predicted octanol–water partition coefficient (Wildman–Crippen LogP) is 2.33. The molecule has 4 rings (SSSR count). The van der Waals surface area contributed by atoms with Gasteiger partial charge in [-0.15, -0.1) is 0 Å². The Bertz CT molecular complexity index is 968. The van der Waals surface area contributed by atoms with Gasteiger partial charge < -0.3 is 14.5 Å².